The molecule has 1 aromatic carbocycles. The lowest BCUT2D eigenvalue weighted by atomic mass is 10.1. The van der Waals surface area contributed by atoms with Crippen LogP contribution in [0.5, 0.6) is 0 Å². The third-order valence-electron chi connectivity index (χ3n) is 4.92. The van der Waals surface area contributed by atoms with Crippen LogP contribution in [-0.2, 0) is 16.1 Å². The summed E-state index contributed by atoms with van der Waals surface area (Å²) in [7, 11) is 1.60. The van der Waals surface area contributed by atoms with E-state index in [9.17, 15) is 9.59 Å². The number of aromatic nitrogens is 2. The highest BCUT2D eigenvalue weighted by Gasteiger charge is 2.15. The van der Waals surface area contributed by atoms with Gasteiger partial charge in [-0.2, -0.15) is 5.10 Å². The summed E-state index contributed by atoms with van der Waals surface area (Å²) in [6.07, 6.45) is 5.13. The molecule has 0 unspecified atom stereocenters. The lowest BCUT2D eigenvalue weighted by Crippen LogP contribution is -2.34. The number of hydrogen-bond donors (Lipinski definition) is 1. The number of benzene rings is 1. The minimum atomic E-state index is -0.278. The van der Waals surface area contributed by atoms with Gasteiger partial charge in [-0.1, -0.05) is 42.6 Å². The lowest BCUT2D eigenvalue weighted by molar-refractivity contribution is -0.129. The molecule has 0 fully saturated rings. The number of carbonyl (C=O) groups excluding carboxylic acids is 2. The van der Waals surface area contributed by atoms with Crippen molar-refractivity contribution in [3.8, 4) is 0 Å². The molecule has 2 rings (SSSR count). The Labute approximate surface area is 183 Å². The van der Waals surface area contributed by atoms with Crippen molar-refractivity contribution >= 4 is 35.2 Å². The summed E-state index contributed by atoms with van der Waals surface area (Å²) < 4.78 is 1.76. The third kappa shape index (κ3) is 5.95. The number of nitrogens with one attached hydrogen (secondary N) is 1. The first-order chi connectivity index (χ1) is 14.1. The molecule has 1 N–H and O–H groups in total. The van der Waals surface area contributed by atoms with E-state index in [-0.39, 0.29) is 18.4 Å². The number of unbranched alkanes of at least 4 members (excludes halogenated alkanes) is 1. The number of carbonyl (C=O) groups is 2. The molecule has 0 saturated heterocycles. The molecule has 1 aromatic heterocycles. The largest absolute Gasteiger partial charge is 0.333 e. The average molecular weight is 431 g/mol. The second kappa shape index (κ2) is 10.4. The number of likely N-dealkylation sites (N-methyl/N-ethyl adjacent to an activating group) is 1. The molecule has 0 spiro atoms. The fraction of sp³-hybridized carbons (Fsp3) is 0.435. The molecule has 7 heteroatoms. The molecule has 6 nitrogen and oxygen atoms in total. The zero-order chi connectivity index (χ0) is 22.4. The Kier molecular flexibility index (Phi) is 8.24. The highest BCUT2D eigenvalue weighted by Crippen LogP contribution is 2.23. The number of aryl methyl sites for hydroxylation is 5. The van der Waals surface area contributed by atoms with Gasteiger partial charge in [0.05, 0.1) is 12.2 Å². The first-order valence-corrected chi connectivity index (χ1v) is 10.6. The first-order valence-electron chi connectivity index (χ1n) is 10.2. The molecule has 0 aliphatic heterocycles. The third-order valence-corrected chi connectivity index (χ3v) is 5.32. The molecule has 0 bridgehead atoms. The summed E-state index contributed by atoms with van der Waals surface area (Å²) in [5, 5.41) is 7.87. The monoisotopic (exact) mass is 430 g/mol. The number of rotatable bonds is 8. The Balaban J connectivity index is 2.01. The van der Waals surface area contributed by atoms with E-state index in [2.05, 4.69) is 17.3 Å². The smallest absolute Gasteiger partial charge is 0.246 e. The van der Waals surface area contributed by atoms with Crippen molar-refractivity contribution in [2.75, 3.05) is 18.9 Å². The van der Waals surface area contributed by atoms with E-state index in [1.165, 1.54) is 11.0 Å². The van der Waals surface area contributed by atoms with Crippen LogP contribution in [0.1, 0.15) is 47.7 Å². The van der Waals surface area contributed by atoms with Gasteiger partial charge < -0.3 is 10.2 Å². The maximum atomic E-state index is 12.5. The molecule has 162 valence electrons. The predicted octanol–water partition coefficient (Wildman–Crippen LogP) is 4.68. The molecular weight excluding hydrogens is 400 g/mol. The van der Waals surface area contributed by atoms with Gasteiger partial charge in [-0.05, 0) is 51.3 Å². The zero-order valence-corrected chi connectivity index (χ0v) is 19.4. The predicted molar refractivity (Wildman–Crippen MR) is 123 cm³/mol. The molecule has 30 heavy (non-hydrogen) atoms. The molecule has 0 atom stereocenters. The second-order valence-electron chi connectivity index (χ2n) is 7.72. The van der Waals surface area contributed by atoms with Gasteiger partial charge in [-0.15, -0.1) is 0 Å². The molecular formula is C23H31ClN4O2. The van der Waals surface area contributed by atoms with Crippen LogP contribution in [0.2, 0.25) is 5.15 Å². The van der Waals surface area contributed by atoms with Gasteiger partial charge in [0.1, 0.15) is 5.15 Å². The van der Waals surface area contributed by atoms with Crippen LogP contribution in [-0.4, -0.2) is 40.1 Å². The van der Waals surface area contributed by atoms with E-state index < -0.39 is 0 Å². The average Bonchev–Trinajstić information content (AvgIpc) is 2.93. The second-order valence-corrected chi connectivity index (χ2v) is 8.07. The van der Waals surface area contributed by atoms with Crippen molar-refractivity contribution < 1.29 is 9.59 Å². The van der Waals surface area contributed by atoms with Gasteiger partial charge in [0.25, 0.3) is 0 Å². The van der Waals surface area contributed by atoms with Crippen LogP contribution in [0.3, 0.4) is 0 Å². The summed E-state index contributed by atoms with van der Waals surface area (Å²) in [6, 6.07) is 4.04. The van der Waals surface area contributed by atoms with Crippen LogP contribution in [0.4, 0.5) is 5.69 Å². The van der Waals surface area contributed by atoms with Crippen molar-refractivity contribution in [1.29, 1.82) is 0 Å². The Hall–Kier alpha value is -2.60. The summed E-state index contributed by atoms with van der Waals surface area (Å²) in [6.45, 7) is 10.6. The molecule has 1 heterocycles. The van der Waals surface area contributed by atoms with Crippen LogP contribution in [0.25, 0.3) is 6.08 Å². The minimum absolute atomic E-state index is 0.0432. The lowest BCUT2D eigenvalue weighted by Gasteiger charge is -2.17. The van der Waals surface area contributed by atoms with E-state index >= 15 is 0 Å². The van der Waals surface area contributed by atoms with Gasteiger partial charge in [0.2, 0.25) is 11.8 Å². The Morgan fingerprint density at radius 1 is 1.20 bits per heavy atom. The van der Waals surface area contributed by atoms with Crippen LogP contribution in [0.15, 0.2) is 18.2 Å². The summed E-state index contributed by atoms with van der Waals surface area (Å²) in [5.41, 5.74) is 5.44. The van der Waals surface area contributed by atoms with Crippen LogP contribution in [0, 0.1) is 27.7 Å². The van der Waals surface area contributed by atoms with Crippen molar-refractivity contribution in [1.82, 2.24) is 14.7 Å². The van der Waals surface area contributed by atoms with Gasteiger partial charge in [-0.3, -0.25) is 14.3 Å². The van der Waals surface area contributed by atoms with Gasteiger partial charge in [0.15, 0.2) is 0 Å². The van der Waals surface area contributed by atoms with E-state index in [0.29, 0.717) is 5.15 Å². The molecule has 0 saturated carbocycles. The number of anilines is 1. The summed E-state index contributed by atoms with van der Waals surface area (Å²) in [5.74, 6) is -0.518. The van der Waals surface area contributed by atoms with Crippen molar-refractivity contribution in [3.63, 3.8) is 0 Å². The van der Waals surface area contributed by atoms with E-state index in [1.807, 2.05) is 39.8 Å². The van der Waals surface area contributed by atoms with Gasteiger partial charge >= 0.3 is 0 Å². The molecule has 0 radical (unpaired) electrons. The van der Waals surface area contributed by atoms with E-state index in [4.69, 9.17) is 11.6 Å². The van der Waals surface area contributed by atoms with E-state index in [0.717, 1.165) is 53.0 Å². The first kappa shape index (κ1) is 23.7. The van der Waals surface area contributed by atoms with Crippen molar-refractivity contribution in [2.45, 2.75) is 54.0 Å². The standard InChI is InChI=1S/C23H31ClN4O2/c1-7-8-11-28-23(24)19(18(5)26-28)9-10-21(30)27(6)14-20(29)25-22-16(3)12-15(2)13-17(22)4/h9-10,12-13H,7-8,11,14H2,1-6H3,(H,25,29)/b10-9+. The molecule has 2 amide bonds. The maximum absolute atomic E-state index is 12.5. The Bertz CT molecular complexity index is 939. The molecule has 0 aliphatic rings. The zero-order valence-electron chi connectivity index (χ0n) is 18.7. The maximum Gasteiger partial charge on any atom is 0.246 e. The Morgan fingerprint density at radius 3 is 2.43 bits per heavy atom. The normalized spacial score (nSPS) is 11.2. The van der Waals surface area contributed by atoms with E-state index in [1.54, 1.807) is 17.8 Å². The number of hydrogen-bond acceptors (Lipinski definition) is 3. The quantitative estimate of drug-likeness (QED) is 0.618. The van der Waals surface area contributed by atoms with Crippen LogP contribution >= 0.6 is 11.6 Å². The van der Waals surface area contributed by atoms with Gasteiger partial charge in [-0.25, -0.2) is 0 Å². The fourth-order valence-electron chi connectivity index (χ4n) is 3.34. The van der Waals surface area contributed by atoms with Crippen LogP contribution < -0.4 is 5.32 Å². The topological polar surface area (TPSA) is 67.2 Å². The molecule has 0 aliphatic carbocycles. The van der Waals surface area contributed by atoms with Gasteiger partial charge in [0, 0.05) is 30.9 Å². The number of nitrogens with zero attached hydrogens (tertiary/aromatic N) is 3. The minimum Gasteiger partial charge on any atom is -0.333 e. The van der Waals surface area contributed by atoms with Crippen molar-refractivity contribution in [2.24, 2.45) is 0 Å². The summed E-state index contributed by atoms with van der Waals surface area (Å²) >= 11 is 6.40. The number of amides is 2. The molecule has 2 aromatic rings. The SMILES string of the molecule is CCCCn1nc(C)c(/C=C/C(=O)N(C)CC(=O)Nc2c(C)cc(C)cc2C)c1Cl. The fourth-order valence-corrected chi connectivity index (χ4v) is 3.67. The Morgan fingerprint density at radius 2 is 1.83 bits per heavy atom. The summed E-state index contributed by atoms with van der Waals surface area (Å²) in [4.78, 5) is 26.3. The number of halogens is 1. The highest BCUT2D eigenvalue weighted by atomic mass is 35.5. The van der Waals surface area contributed by atoms with Crippen molar-refractivity contribution in [3.05, 3.63) is 51.3 Å². The highest BCUT2D eigenvalue weighted by molar-refractivity contribution is 6.31.